The van der Waals surface area contributed by atoms with Crippen LogP contribution in [0.3, 0.4) is 0 Å². The predicted molar refractivity (Wildman–Crippen MR) is 115 cm³/mol. The Balaban J connectivity index is 1.58. The lowest BCUT2D eigenvalue weighted by molar-refractivity contribution is -0.152. The van der Waals surface area contributed by atoms with Crippen LogP contribution in [0.4, 0.5) is 0 Å². The molecule has 0 atom stereocenters. The highest BCUT2D eigenvalue weighted by molar-refractivity contribution is 5.77. The van der Waals surface area contributed by atoms with Crippen LogP contribution in [0.25, 0.3) is 0 Å². The Morgan fingerprint density at radius 2 is 1.41 bits per heavy atom. The van der Waals surface area contributed by atoms with E-state index in [1.54, 1.807) is 13.8 Å². The van der Waals surface area contributed by atoms with Crippen LogP contribution in [-0.4, -0.2) is 52.7 Å². The van der Waals surface area contributed by atoms with Crippen molar-refractivity contribution in [1.29, 1.82) is 0 Å². The third-order valence-electron chi connectivity index (χ3n) is 5.51. The second kappa shape index (κ2) is 8.97. The van der Waals surface area contributed by atoms with Crippen LogP contribution in [0, 0.1) is 13.8 Å². The Bertz CT molecular complexity index is 817. The highest BCUT2D eigenvalue weighted by Crippen LogP contribution is 2.29. The summed E-state index contributed by atoms with van der Waals surface area (Å²) in [4.78, 5) is 16.4. The largest absolute Gasteiger partial charge is 0.478 e. The standard InChI is InChI=1S/C24H32N2O3/c1-18-14-21(15-19(2)22(18)29-24(3,4)23(27)28)17-26-12-10-25(11-13-26)16-20-8-6-5-7-9-20/h5-9,14-15H,10-13,16-17H2,1-4H3,(H,27,28). The van der Waals surface area contributed by atoms with E-state index < -0.39 is 11.6 Å². The second-order valence-corrected chi connectivity index (χ2v) is 8.51. The molecule has 0 saturated carbocycles. The second-order valence-electron chi connectivity index (χ2n) is 8.51. The van der Waals surface area contributed by atoms with Crippen molar-refractivity contribution in [2.45, 2.75) is 46.4 Å². The maximum atomic E-state index is 11.4. The van der Waals surface area contributed by atoms with Crippen LogP contribution in [0.5, 0.6) is 5.75 Å². The smallest absolute Gasteiger partial charge is 0.347 e. The number of carboxylic acid groups (broad SMARTS) is 1. The van der Waals surface area contributed by atoms with Gasteiger partial charge in [-0.25, -0.2) is 4.79 Å². The zero-order valence-electron chi connectivity index (χ0n) is 17.9. The number of carboxylic acids is 1. The van der Waals surface area contributed by atoms with Gasteiger partial charge >= 0.3 is 5.97 Å². The molecular formula is C24H32N2O3. The maximum Gasteiger partial charge on any atom is 0.347 e. The summed E-state index contributed by atoms with van der Waals surface area (Å²) in [6.07, 6.45) is 0. The lowest BCUT2D eigenvalue weighted by atomic mass is 10.0. The number of ether oxygens (including phenoxy) is 1. The van der Waals surface area contributed by atoms with Crippen molar-refractivity contribution in [3.8, 4) is 5.75 Å². The molecule has 29 heavy (non-hydrogen) atoms. The monoisotopic (exact) mass is 396 g/mol. The molecule has 1 aliphatic heterocycles. The van der Waals surface area contributed by atoms with Gasteiger partial charge in [0.1, 0.15) is 5.75 Å². The fourth-order valence-electron chi connectivity index (χ4n) is 3.80. The van der Waals surface area contributed by atoms with Crippen molar-refractivity contribution in [2.75, 3.05) is 26.2 Å². The summed E-state index contributed by atoms with van der Waals surface area (Å²) in [5.74, 6) is -0.289. The van der Waals surface area contributed by atoms with Gasteiger partial charge in [-0.1, -0.05) is 42.5 Å². The van der Waals surface area contributed by atoms with Gasteiger partial charge in [-0.2, -0.15) is 0 Å². The quantitative estimate of drug-likeness (QED) is 0.770. The number of rotatable bonds is 7. The van der Waals surface area contributed by atoms with E-state index in [1.807, 2.05) is 13.8 Å². The van der Waals surface area contributed by atoms with Crippen LogP contribution < -0.4 is 4.74 Å². The number of benzene rings is 2. The minimum Gasteiger partial charge on any atom is -0.478 e. The van der Waals surface area contributed by atoms with E-state index in [0.717, 1.165) is 50.4 Å². The lowest BCUT2D eigenvalue weighted by Gasteiger charge is -2.35. The third-order valence-corrected chi connectivity index (χ3v) is 5.51. The van der Waals surface area contributed by atoms with Crippen LogP contribution in [-0.2, 0) is 17.9 Å². The molecule has 5 nitrogen and oxygen atoms in total. The molecule has 5 heteroatoms. The highest BCUT2D eigenvalue weighted by atomic mass is 16.5. The number of piperazine rings is 1. The molecule has 3 rings (SSSR count). The Morgan fingerprint density at radius 1 is 0.931 bits per heavy atom. The summed E-state index contributed by atoms with van der Waals surface area (Å²) in [5, 5.41) is 9.33. The molecule has 0 aliphatic carbocycles. The van der Waals surface area contributed by atoms with E-state index in [4.69, 9.17) is 4.74 Å². The van der Waals surface area contributed by atoms with E-state index in [-0.39, 0.29) is 0 Å². The van der Waals surface area contributed by atoms with E-state index in [1.165, 1.54) is 11.1 Å². The van der Waals surface area contributed by atoms with Gasteiger partial charge in [0, 0.05) is 39.3 Å². The number of aliphatic carboxylic acids is 1. The van der Waals surface area contributed by atoms with Crippen LogP contribution in [0.2, 0.25) is 0 Å². The van der Waals surface area contributed by atoms with Crippen molar-refractivity contribution in [2.24, 2.45) is 0 Å². The van der Waals surface area contributed by atoms with Crippen molar-refractivity contribution >= 4 is 5.97 Å². The number of nitrogens with zero attached hydrogens (tertiary/aromatic N) is 2. The average molecular weight is 397 g/mol. The normalized spacial score (nSPS) is 16.0. The van der Waals surface area contributed by atoms with Gasteiger partial charge in [0.05, 0.1) is 0 Å². The molecule has 0 spiro atoms. The van der Waals surface area contributed by atoms with E-state index in [2.05, 4.69) is 52.3 Å². The van der Waals surface area contributed by atoms with Gasteiger partial charge in [-0.15, -0.1) is 0 Å². The molecule has 2 aromatic rings. The molecule has 0 aromatic heterocycles. The van der Waals surface area contributed by atoms with Gasteiger partial charge in [-0.05, 0) is 49.9 Å². The number of aryl methyl sites for hydroxylation is 2. The summed E-state index contributed by atoms with van der Waals surface area (Å²) >= 11 is 0. The Labute approximate surface area is 173 Å². The summed E-state index contributed by atoms with van der Waals surface area (Å²) in [6, 6.07) is 14.9. The topological polar surface area (TPSA) is 53.0 Å². The first kappa shape index (κ1) is 21.3. The fourth-order valence-corrected chi connectivity index (χ4v) is 3.80. The first-order valence-electron chi connectivity index (χ1n) is 10.3. The molecule has 0 bridgehead atoms. The number of hydrogen-bond acceptors (Lipinski definition) is 4. The Hall–Kier alpha value is -2.37. The molecule has 2 aromatic carbocycles. The third kappa shape index (κ3) is 5.58. The van der Waals surface area contributed by atoms with E-state index in [0.29, 0.717) is 5.75 Å². The van der Waals surface area contributed by atoms with Gasteiger partial charge in [0.15, 0.2) is 5.60 Å². The van der Waals surface area contributed by atoms with Crippen molar-refractivity contribution < 1.29 is 14.6 Å². The summed E-state index contributed by atoms with van der Waals surface area (Å²) in [6.45, 7) is 13.3. The first-order valence-corrected chi connectivity index (χ1v) is 10.3. The minimum atomic E-state index is -1.24. The summed E-state index contributed by atoms with van der Waals surface area (Å²) < 4.78 is 5.82. The Morgan fingerprint density at radius 3 is 1.90 bits per heavy atom. The zero-order valence-corrected chi connectivity index (χ0v) is 17.9. The molecular weight excluding hydrogens is 364 g/mol. The fraction of sp³-hybridized carbons (Fsp3) is 0.458. The van der Waals surface area contributed by atoms with Gasteiger partial charge < -0.3 is 9.84 Å². The molecule has 1 N–H and O–H groups in total. The maximum absolute atomic E-state index is 11.4. The van der Waals surface area contributed by atoms with Crippen molar-refractivity contribution in [1.82, 2.24) is 9.80 Å². The molecule has 1 heterocycles. The van der Waals surface area contributed by atoms with E-state index in [9.17, 15) is 9.90 Å². The molecule has 156 valence electrons. The zero-order chi connectivity index (χ0) is 21.0. The molecule has 1 fully saturated rings. The minimum absolute atomic E-state index is 0.675. The lowest BCUT2D eigenvalue weighted by Crippen LogP contribution is -2.45. The number of carbonyl (C=O) groups is 1. The summed E-state index contributed by atoms with van der Waals surface area (Å²) in [7, 11) is 0. The van der Waals surface area contributed by atoms with Gasteiger partial charge in [0.2, 0.25) is 0 Å². The summed E-state index contributed by atoms with van der Waals surface area (Å²) in [5.41, 5.74) is 3.34. The average Bonchev–Trinajstić information content (AvgIpc) is 2.67. The molecule has 1 saturated heterocycles. The number of hydrogen-bond donors (Lipinski definition) is 1. The van der Waals surface area contributed by atoms with Crippen LogP contribution >= 0.6 is 0 Å². The van der Waals surface area contributed by atoms with Crippen molar-refractivity contribution in [3.63, 3.8) is 0 Å². The van der Waals surface area contributed by atoms with Crippen molar-refractivity contribution in [3.05, 3.63) is 64.7 Å². The molecule has 0 unspecified atom stereocenters. The highest BCUT2D eigenvalue weighted by Gasteiger charge is 2.30. The molecule has 0 radical (unpaired) electrons. The predicted octanol–water partition coefficient (Wildman–Crippen LogP) is 3.86. The van der Waals surface area contributed by atoms with Gasteiger partial charge in [-0.3, -0.25) is 9.80 Å². The first-order chi connectivity index (χ1) is 13.7. The SMILES string of the molecule is Cc1cc(CN2CCN(Cc3ccccc3)CC2)cc(C)c1OC(C)(C)C(=O)O. The van der Waals surface area contributed by atoms with E-state index >= 15 is 0 Å². The van der Waals surface area contributed by atoms with Gasteiger partial charge in [0.25, 0.3) is 0 Å². The molecule has 1 aliphatic rings. The van der Waals surface area contributed by atoms with Crippen LogP contribution in [0.1, 0.15) is 36.1 Å². The molecule has 0 amide bonds. The van der Waals surface area contributed by atoms with Crippen LogP contribution in [0.15, 0.2) is 42.5 Å². The Kier molecular flexibility index (Phi) is 6.60.